The Morgan fingerprint density at radius 3 is 3.13 bits per heavy atom. The molecule has 0 saturated heterocycles. The van der Waals surface area contributed by atoms with Gasteiger partial charge in [0, 0.05) is 5.38 Å². The number of hydrogen-bond donors (Lipinski definition) is 1. The van der Waals surface area contributed by atoms with E-state index in [0.717, 1.165) is 16.9 Å². The van der Waals surface area contributed by atoms with Crippen molar-refractivity contribution in [1.82, 2.24) is 4.98 Å². The molecule has 0 aliphatic heterocycles. The lowest BCUT2D eigenvalue weighted by atomic mass is 10.3. The lowest BCUT2D eigenvalue weighted by Gasteiger charge is -1.89. The molecule has 0 saturated carbocycles. The van der Waals surface area contributed by atoms with Crippen molar-refractivity contribution in [3.63, 3.8) is 0 Å². The van der Waals surface area contributed by atoms with Gasteiger partial charge in [0.1, 0.15) is 16.3 Å². The standard InChI is InChI=1S/C10H8N2O2S/c11-10-9-7(5-15-10)14-8(12-9)4-6-2-1-3-13-6/h1-3,5H,4,11H2. The average molecular weight is 220 g/mol. The summed E-state index contributed by atoms with van der Waals surface area (Å²) in [5.41, 5.74) is 7.24. The van der Waals surface area contributed by atoms with Gasteiger partial charge in [-0.1, -0.05) is 0 Å². The lowest BCUT2D eigenvalue weighted by molar-refractivity contribution is 0.480. The summed E-state index contributed by atoms with van der Waals surface area (Å²) in [4.78, 5) is 4.31. The second kappa shape index (κ2) is 3.13. The zero-order valence-electron chi connectivity index (χ0n) is 7.77. The molecule has 0 aliphatic rings. The highest BCUT2D eigenvalue weighted by atomic mass is 32.1. The molecular formula is C10H8N2O2S. The van der Waals surface area contributed by atoms with E-state index >= 15 is 0 Å². The fourth-order valence-electron chi connectivity index (χ4n) is 1.44. The van der Waals surface area contributed by atoms with E-state index in [1.807, 2.05) is 17.5 Å². The van der Waals surface area contributed by atoms with Gasteiger partial charge in [0.2, 0.25) is 5.89 Å². The van der Waals surface area contributed by atoms with Crippen molar-refractivity contribution in [2.24, 2.45) is 0 Å². The minimum absolute atomic E-state index is 0.561. The summed E-state index contributed by atoms with van der Waals surface area (Å²) in [6, 6.07) is 3.73. The van der Waals surface area contributed by atoms with E-state index in [0.29, 0.717) is 17.3 Å². The molecule has 5 heteroatoms. The van der Waals surface area contributed by atoms with Crippen molar-refractivity contribution < 1.29 is 8.83 Å². The number of oxazole rings is 1. The Balaban J connectivity index is 1.98. The number of aromatic nitrogens is 1. The molecule has 76 valence electrons. The summed E-state index contributed by atoms with van der Waals surface area (Å²) < 4.78 is 10.7. The lowest BCUT2D eigenvalue weighted by Crippen LogP contribution is -1.85. The third kappa shape index (κ3) is 1.41. The van der Waals surface area contributed by atoms with Crippen molar-refractivity contribution in [3.05, 3.63) is 35.4 Å². The number of thiophene rings is 1. The highest BCUT2D eigenvalue weighted by molar-refractivity contribution is 7.15. The first-order valence-electron chi connectivity index (χ1n) is 4.47. The Hall–Kier alpha value is -1.75. The van der Waals surface area contributed by atoms with Crippen molar-refractivity contribution in [2.75, 3.05) is 5.73 Å². The molecule has 0 spiro atoms. The molecule has 0 aliphatic carbocycles. The molecule has 2 N–H and O–H groups in total. The minimum Gasteiger partial charge on any atom is -0.469 e. The molecule has 0 atom stereocenters. The van der Waals surface area contributed by atoms with Gasteiger partial charge in [-0.05, 0) is 12.1 Å². The molecule has 15 heavy (non-hydrogen) atoms. The normalized spacial score (nSPS) is 11.2. The molecule has 3 heterocycles. The summed E-state index contributed by atoms with van der Waals surface area (Å²) in [6.45, 7) is 0. The quantitative estimate of drug-likeness (QED) is 0.721. The maximum atomic E-state index is 5.74. The minimum atomic E-state index is 0.561. The fourth-order valence-corrected chi connectivity index (χ4v) is 2.10. The van der Waals surface area contributed by atoms with E-state index in [2.05, 4.69) is 4.98 Å². The van der Waals surface area contributed by atoms with E-state index in [-0.39, 0.29) is 0 Å². The summed E-state index contributed by atoms with van der Waals surface area (Å²) in [6.07, 6.45) is 2.19. The molecule has 0 radical (unpaired) electrons. The van der Waals surface area contributed by atoms with Crippen molar-refractivity contribution in [1.29, 1.82) is 0 Å². The predicted molar refractivity (Wildman–Crippen MR) is 57.8 cm³/mol. The number of nitrogen functional groups attached to an aromatic ring is 1. The second-order valence-corrected chi connectivity index (χ2v) is 4.09. The first-order valence-corrected chi connectivity index (χ1v) is 5.35. The van der Waals surface area contributed by atoms with Crippen LogP contribution in [0.4, 0.5) is 5.00 Å². The molecular weight excluding hydrogens is 212 g/mol. The van der Waals surface area contributed by atoms with Crippen LogP contribution >= 0.6 is 11.3 Å². The third-order valence-corrected chi connectivity index (χ3v) is 2.91. The topological polar surface area (TPSA) is 65.2 Å². The monoisotopic (exact) mass is 220 g/mol. The smallest absolute Gasteiger partial charge is 0.203 e. The number of nitrogens with zero attached hydrogens (tertiary/aromatic N) is 1. The van der Waals surface area contributed by atoms with Gasteiger partial charge in [0.05, 0.1) is 12.7 Å². The van der Waals surface area contributed by atoms with Crippen LogP contribution in [0.3, 0.4) is 0 Å². The molecule has 0 bridgehead atoms. The van der Waals surface area contributed by atoms with Crippen LogP contribution in [0.15, 0.2) is 32.6 Å². The molecule has 3 rings (SSSR count). The van der Waals surface area contributed by atoms with Crippen LogP contribution in [0.2, 0.25) is 0 Å². The Bertz CT molecular complexity index is 580. The maximum Gasteiger partial charge on any atom is 0.203 e. The summed E-state index contributed by atoms with van der Waals surface area (Å²) in [7, 11) is 0. The zero-order valence-corrected chi connectivity index (χ0v) is 8.58. The van der Waals surface area contributed by atoms with Gasteiger partial charge in [0.15, 0.2) is 5.58 Å². The Labute approximate surface area is 89.3 Å². The van der Waals surface area contributed by atoms with E-state index in [4.69, 9.17) is 14.6 Å². The maximum absolute atomic E-state index is 5.74. The molecule has 3 aromatic rings. The Kier molecular flexibility index (Phi) is 1.78. The molecule has 0 aromatic carbocycles. The Morgan fingerprint density at radius 2 is 2.40 bits per heavy atom. The van der Waals surface area contributed by atoms with Gasteiger partial charge in [-0.2, -0.15) is 0 Å². The summed E-state index contributed by atoms with van der Waals surface area (Å²) >= 11 is 1.44. The average Bonchev–Trinajstić information content (AvgIpc) is 2.88. The molecule has 0 amide bonds. The van der Waals surface area contributed by atoms with E-state index in [9.17, 15) is 0 Å². The van der Waals surface area contributed by atoms with Crippen molar-refractivity contribution in [2.45, 2.75) is 6.42 Å². The number of anilines is 1. The van der Waals surface area contributed by atoms with Crippen LogP contribution in [-0.2, 0) is 6.42 Å². The van der Waals surface area contributed by atoms with Gasteiger partial charge >= 0.3 is 0 Å². The van der Waals surface area contributed by atoms with Crippen LogP contribution in [-0.4, -0.2) is 4.98 Å². The van der Waals surface area contributed by atoms with Crippen LogP contribution in [0.25, 0.3) is 11.1 Å². The van der Waals surface area contributed by atoms with Crippen LogP contribution in [0.5, 0.6) is 0 Å². The van der Waals surface area contributed by atoms with E-state index in [1.165, 1.54) is 11.3 Å². The molecule has 3 aromatic heterocycles. The van der Waals surface area contributed by atoms with E-state index in [1.54, 1.807) is 6.26 Å². The zero-order chi connectivity index (χ0) is 10.3. The highest BCUT2D eigenvalue weighted by Crippen LogP contribution is 2.28. The van der Waals surface area contributed by atoms with Gasteiger partial charge in [0.25, 0.3) is 0 Å². The summed E-state index contributed by atoms with van der Waals surface area (Å²) in [5.74, 6) is 1.47. The van der Waals surface area contributed by atoms with Gasteiger partial charge in [-0.15, -0.1) is 11.3 Å². The Morgan fingerprint density at radius 1 is 1.47 bits per heavy atom. The highest BCUT2D eigenvalue weighted by Gasteiger charge is 2.11. The second-order valence-electron chi connectivity index (χ2n) is 3.18. The molecule has 0 unspecified atom stereocenters. The molecule has 0 fully saturated rings. The number of fused-ring (bicyclic) bond motifs is 1. The van der Waals surface area contributed by atoms with Crippen molar-refractivity contribution in [3.8, 4) is 0 Å². The van der Waals surface area contributed by atoms with Crippen LogP contribution < -0.4 is 5.73 Å². The SMILES string of the molecule is Nc1scc2oc(Cc3ccco3)nc12. The summed E-state index contributed by atoms with van der Waals surface area (Å²) in [5, 5.41) is 2.56. The third-order valence-electron chi connectivity index (χ3n) is 2.13. The molecule has 4 nitrogen and oxygen atoms in total. The first-order chi connectivity index (χ1) is 7.33. The number of rotatable bonds is 2. The number of furan rings is 1. The predicted octanol–water partition coefficient (Wildman–Crippen LogP) is 2.66. The first kappa shape index (κ1) is 8.55. The number of nitrogens with two attached hydrogens (primary N) is 1. The van der Waals surface area contributed by atoms with E-state index < -0.39 is 0 Å². The van der Waals surface area contributed by atoms with Crippen LogP contribution in [0, 0.1) is 0 Å². The fraction of sp³-hybridized carbons (Fsp3) is 0.100. The van der Waals surface area contributed by atoms with Gasteiger partial charge < -0.3 is 14.6 Å². The van der Waals surface area contributed by atoms with Crippen molar-refractivity contribution >= 4 is 27.4 Å². The largest absolute Gasteiger partial charge is 0.469 e. The van der Waals surface area contributed by atoms with Crippen LogP contribution in [0.1, 0.15) is 11.7 Å². The van der Waals surface area contributed by atoms with Gasteiger partial charge in [-0.25, -0.2) is 4.98 Å². The number of hydrogen-bond acceptors (Lipinski definition) is 5. The van der Waals surface area contributed by atoms with Gasteiger partial charge in [-0.3, -0.25) is 0 Å².